The Hall–Kier alpha value is -2.32. The number of likely N-dealkylation sites (tertiary alicyclic amines) is 1. The van der Waals surface area contributed by atoms with Crippen LogP contribution in [0.3, 0.4) is 0 Å². The number of allylic oxidation sites excluding steroid dienone is 1. The smallest absolute Gasteiger partial charge is 0.243 e. The van der Waals surface area contributed by atoms with Gasteiger partial charge in [0.2, 0.25) is 17.7 Å². The Morgan fingerprint density at radius 3 is 2.65 bits per heavy atom. The van der Waals surface area contributed by atoms with Crippen molar-refractivity contribution < 1.29 is 14.4 Å². The van der Waals surface area contributed by atoms with Crippen molar-refractivity contribution in [3.8, 4) is 12.1 Å². The van der Waals surface area contributed by atoms with Gasteiger partial charge in [-0.2, -0.15) is 10.5 Å². The molecule has 2 heterocycles. The molecule has 0 aromatic rings. The van der Waals surface area contributed by atoms with Crippen LogP contribution in [-0.4, -0.2) is 34.9 Å². The fourth-order valence-electron chi connectivity index (χ4n) is 2.66. The Balaban J connectivity index is 2.18. The summed E-state index contributed by atoms with van der Waals surface area (Å²) < 4.78 is 0. The van der Waals surface area contributed by atoms with Crippen LogP contribution in [0.4, 0.5) is 0 Å². The van der Waals surface area contributed by atoms with Crippen molar-refractivity contribution in [1.82, 2.24) is 10.2 Å². The monoisotopic (exact) mass is 332 g/mol. The average molecular weight is 332 g/mol. The number of rotatable bonds is 3. The number of carbonyl (C=O) groups is 3. The summed E-state index contributed by atoms with van der Waals surface area (Å²) in [4.78, 5) is 36.8. The molecule has 2 aliphatic rings. The maximum absolute atomic E-state index is 12.1. The minimum Gasteiger partial charge on any atom is -0.319 e. The molecule has 1 N–H and O–H groups in total. The summed E-state index contributed by atoms with van der Waals surface area (Å²) in [6.45, 7) is 3.73. The predicted octanol–water partition coefficient (Wildman–Crippen LogP) is 0.900. The van der Waals surface area contributed by atoms with Crippen LogP contribution in [-0.2, 0) is 14.4 Å². The first-order chi connectivity index (χ1) is 10.8. The summed E-state index contributed by atoms with van der Waals surface area (Å²) >= 11 is 1.02. The molecule has 7 nitrogen and oxygen atoms in total. The van der Waals surface area contributed by atoms with Crippen LogP contribution in [0.5, 0.6) is 0 Å². The van der Waals surface area contributed by atoms with Gasteiger partial charge < -0.3 is 5.32 Å². The van der Waals surface area contributed by atoms with E-state index < -0.39 is 17.2 Å². The summed E-state index contributed by atoms with van der Waals surface area (Å²) in [5, 5.41) is 21.3. The van der Waals surface area contributed by atoms with Crippen LogP contribution in [0.15, 0.2) is 10.6 Å². The topological polar surface area (TPSA) is 114 Å². The molecule has 0 spiro atoms. The fourth-order valence-corrected chi connectivity index (χ4v) is 3.71. The van der Waals surface area contributed by atoms with Gasteiger partial charge >= 0.3 is 0 Å². The molecule has 8 heteroatoms. The molecular weight excluding hydrogens is 316 g/mol. The molecule has 23 heavy (non-hydrogen) atoms. The number of hydrogen-bond donors (Lipinski definition) is 1. The molecule has 3 amide bonds. The maximum atomic E-state index is 12.1. The van der Waals surface area contributed by atoms with Gasteiger partial charge in [-0.05, 0) is 6.42 Å². The first-order valence-corrected chi connectivity index (χ1v) is 8.12. The molecule has 1 atom stereocenters. The van der Waals surface area contributed by atoms with E-state index in [1.54, 1.807) is 13.8 Å². The number of nitrogens with one attached hydrogen (secondary N) is 1. The number of hydrogen-bond acceptors (Lipinski definition) is 6. The van der Waals surface area contributed by atoms with Gasteiger partial charge in [-0.1, -0.05) is 25.6 Å². The molecule has 0 bridgehead atoms. The molecule has 0 aliphatic carbocycles. The zero-order valence-electron chi connectivity index (χ0n) is 12.9. The minimum absolute atomic E-state index is 0.0418. The number of carbonyl (C=O) groups excluding carboxylic acids is 3. The van der Waals surface area contributed by atoms with Crippen molar-refractivity contribution in [2.75, 3.05) is 12.3 Å². The van der Waals surface area contributed by atoms with Crippen LogP contribution in [0.2, 0.25) is 0 Å². The zero-order valence-corrected chi connectivity index (χ0v) is 13.7. The second-order valence-corrected chi connectivity index (χ2v) is 6.91. The molecule has 0 aromatic heterocycles. The lowest BCUT2D eigenvalue weighted by Gasteiger charge is -2.34. The van der Waals surface area contributed by atoms with E-state index in [-0.39, 0.29) is 28.2 Å². The average Bonchev–Trinajstić information content (AvgIpc) is 2.90. The van der Waals surface area contributed by atoms with E-state index in [1.165, 1.54) is 4.90 Å². The Morgan fingerprint density at radius 2 is 2.13 bits per heavy atom. The highest BCUT2D eigenvalue weighted by atomic mass is 32.2. The lowest BCUT2D eigenvalue weighted by atomic mass is 9.72. The van der Waals surface area contributed by atoms with Crippen LogP contribution in [0.25, 0.3) is 0 Å². The van der Waals surface area contributed by atoms with Crippen LogP contribution in [0, 0.1) is 34.0 Å². The highest BCUT2D eigenvalue weighted by molar-refractivity contribution is 8.03. The summed E-state index contributed by atoms with van der Waals surface area (Å²) in [7, 11) is 0. The standard InChI is InChI=1S/C15H16N4O3S/c1-15(2)9(6-16)13(22)18-14(10(15)7-17)23-8-12(21)19-5-3-4-11(19)20/h9H,3-5,8H2,1-2H3,(H,18,22)/t9-/m0/s1. The molecule has 1 saturated heterocycles. The highest BCUT2D eigenvalue weighted by Crippen LogP contribution is 2.41. The van der Waals surface area contributed by atoms with E-state index in [0.29, 0.717) is 19.4 Å². The number of amides is 3. The third-order valence-corrected chi connectivity index (χ3v) is 5.03. The number of imide groups is 1. The second-order valence-electron chi connectivity index (χ2n) is 5.92. The quantitative estimate of drug-likeness (QED) is 0.821. The first-order valence-electron chi connectivity index (χ1n) is 7.14. The third-order valence-electron chi connectivity index (χ3n) is 4.05. The number of nitrogens with zero attached hydrogens (tertiary/aromatic N) is 3. The van der Waals surface area contributed by atoms with Gasteiger partial charge in [0.25, 0.3) is 0 Å². The molecule has 1 fully saturated rings. The third kappa shape index (κ3) is 3.08. The van der Waals surface area contributed by atoms with Gasteiger partial charge in [0, 0.05) is 18.4 Å². The largest absolute Gasteiger partial charge is 0.319 e. The van der Waals surface area contributed by atoms with Crippen LogP contribution in [0.1, 0.15) is 26.7 Å². The van der Waals surface area contributed by atoms with Gasteiger partial charge in [0.15, 0.2) is 0 Å². The Bertz CT molecular complexity index is 684. The van der Waals surface area contributed by atoms with Crippen molar-refractivity contribution in [3.05, 3.63) is 10.6 Å². The van der Waals surface area contributed by atoms with Crippen molar-refractivity contribution in [2.24, 2.45) is 11.3 Å². The number of nitriles is 2. The minimum atomic E-state index is -0.961. The van der Waals surface area contributed by atoms with Crippen molar-refractivity contribution in [1.29, 1.82) is 10.5 Å². The molecule has 0 aromatic carbocycles. The molecule has 120 valence electrons. The summed E-state index contributed by atoms with van der Waals surface area (Å²) in [5.74, 6) is -2.01. The van der Waals surface area contributed by atoms with Crippen molar-refractivity contribution in [2.45, 2.75) is 26.7 Å². The molecular formula is C15H16N4O3S. The lowest BCUT2D eigenvalue weighted by molar-refractivity contribution is -0.140. The van der Waals surface area contributed by atoms with E-state index >= 15 is 0 Å². The van der Waals surface area contributed by atoms with Crippen LogP contribution >= 0.6 is 11.8 Å². The van der Waals surface area contributed by atoms with Gasteiger partial charge in [0.1, 0.15) is 5.92 Å². The summed E-state index contributed by atoms with van der Waals surface area (Å²) in [5.41, 5.74) is -0.657. The van der Waals surface area contributed by atoms with E-state index in [9.17, 15) is 19.6 Å². The van der Waals surface area contributed by atoms with Gasteiger partial charge in [-0.15, -0.1) is 0 Å². The lowest BCUT2D eigenvalue weighted by Crippen LogP contribution is -2.44. The van der Waals surface area contributed by atoms with E-state index in [0.717, 1.165) is 11.8 Å². The normalized spacial score (nSPS) is 23.3. The summed E-state index contributed by atoms with van der Waals surface area (Å²) in [6.07, 6.45) is 1.03. The zero-order chi connectivity index (χ0) is 17.2. The Labute approximate surface area is 138 Å². The molecule has 2 rings (SSSR count). The molecule has 0 saturated carbocycles. The van der Waals surface area contributed by atoms with Crippen molar-refractivity contribution >= 4 is 29.5 Å². The summed E-state index contributed by atoms with van der Waals surface area (Å²) in [6, 6.07) is 3.95. The van der Waals surface area contributed by atoms with Crippen molar-refractivity contribution in [3.63, 3.8) is 0 Å². The first kappa shape index (κ1) is 17.0. The Morgan fingerprint density at radius 1 is 1.43 bits per heavy atom. The van der Waals surface area contributed by atoms with Gasteiger partial charge in [-0.3, -0.25) is 19.3 Å². The highest BCUT2D eigenvalue weighted by Gasteiger charge is 2.44. The molecule has 0 radical (unpaired) electrons. The second kappa shape index (κ2) is 6.43. The van der Waals surface area contributed by atoms with Gasteiger partial charge in [-0.25, -0.2) is 0 Å². The maximum Gasteiger partial charge on any atom is 0.243 e. The van der Waals surface area contributed by atoms with E-state index in [1.807, 2.05) is 12.1 Å². The van der Waals surface area contributed by atoms with E-state index in [2.05, 4.69) is 5.32 Å². The molecule has 2 aliphatic heterocycles. The van der Waals surface area contributed by atoms with Crippen LogP contribution < -0.4 is 5.32 Å². The van der Waals surface area contributed by atoms with E-state index in [4.69, 9.17) is 5.26 Å². The SMILES string of the molecule is CC1(C)C(C#N)=C(SCC(=O)N2CCCC2=O)NC(=O)[C@@H]1C#N. The predicted molar refractivity (Wildman–Crippen MR) is 82.1 cm³/mol. The fraction of sp³-hybridized carbons (Fsp3) is 0.533. The van der Waals surface area contributed by atoms with Gasteiger partial charge in [0.05, 0.1) is 28.5 Å². The molecule has 0 unspecified atom stereocenters. The Kier molecular flexibility index (Phi) is 4.76. The number of thioether (sulfide) groups is 1.